The Kier molecular flexibility index (Phi) is 3.67. The molecule has 1 saturated carbocycles. The van der Waals surface area contributed by atoms with Gasteiger partial charge in [-0.1, -0.05) is 0 Å². The van der Waals surface area contributed by atoms with Crippen molar-refractivity contribution in [1.82, 2.24) is 0 Å². The van der Waals surface area contributed by atoms with Gasteiger partial charge in [-0.3, -0.25) is 10.1 Å². The van der Waals surface area contributed by atoms with Gasteiger partial charge in [0.25, 0.3) is 5.69 Å². The molecular formula is C13H16N4O2. The first-order chi connectivity index (χ1) is 9.08. The van der Waals surface area contributed by atoms with Crippen LogP contribution in [0.15, 0.2) is 18.2 Å². The zero-order valence-electron chi connectivity index (χ0n) is 10.7. The molecule has 2 rings (SSSR count). The Morgan fingerprint density at radius 2 is 2.32 bits per heavy atom. The maximum Gasteiger partial charge on any atom is 0.289 e. The third-order valence-corrected chi connectivity index (χ3v) is 3.61. The van der Waals surface area contributed by atoms with E-state index in [0.717, 1.165) is 18.5 Å². The molecule has 0 saturated heterocycles. The number of likely N-dealkylation sites (N-methyl/N-ethyl adjacent to an activating group) is 1. The van der Waals surface area contributed by atoms with E-state index in [1.165, 1.54) is 12.1 Å². The van der Waals surface area contributed by atoms with Gasteiger partial charge >= 0.3 is 0 Å². The fourth-order valence-electron chi connectivity index (χ4n) is 2.32. The number of nitrogens with zero attached hydrogens (tertiary/aromatic N) is 3. The number of benzene rings is 1. The summed E-state index contributed by atoms with van der Waals surface area (Å²) in [6.45, 7) is 0.523. The van der Waals surface area contributed by atoms with E-state index in [0.29, 0.717) is 12.5 Å². The molecule has 100 valence electrons. The number of nitro benzene ring substituents is 1. The van der Waals surface area contributed by atoms with Gasteiger partial charge in [0.15, 0.2) is 0 Å². The molecule has 0 aliphatic heterocycles. The molecule has 1 aliphatic rings. The Balaban J connectivity index is 2.32. The lowest BCUT2D eigenvalue weighted by Crippen LogP contribution is -2.39. The molecule has 1 fully saturated rings. The fraction of sp³-hybridized carbons (Fsp3) is 0.462. The molecule has 19 heavy (non-hydrogen) atoms. The highest BCUT2D eigenvalue weighted by atomic mass is 16.6. The molecule has 0 heterocycles. The van der Waals surface area contributed by atoms with Crippen molar-refractivity contribution in [3.8, 4) is 6.07 Å². The molecule has 6 nitrogen and oxygen atoms in total. The maximum absolute atomic E-state index is 11.0. The van der Waals surface area contributed by atoms with Gasteiger partial charge in [0.2, 0.25) is 0 Å². The monoisotopic (exact) mass is 260 g/mol. The third kappa shape index (κ3) is 2.66. The van der Waals surface area contributed by atoms with Gasteiger partial charge in [-0.25, -0.2) is 0 Å². The van der Waals surface area contributed by atoms with Gasteiger partial charge < -0.3 is 10.6 Å². The number of hydrogen-bond acceptors (Lipinski definition) is 5. The lowest BCUT2D eigenvalue weighted by Gasteiger charge is -2.29. The Bertz CT molecular complexity index is 534. The van der Waals surface area contributed by atoms with Crippen LogP contribution in [-0.2, 0) is 0 Å². The highest BCUT2D eigenvalue weighted by molar-refractivity contribution is 5.60. The van der Waals surface area contributed by atoms with Crippen molar-refractivity contribution in [3.05, 3.63) is 33.9 Å². The second-order valence-corrected chi connectivity index (χ2v) is 4.82. The highest BCUT2D eigenvalue weighted by Gasteiger charge is 2.33. The van der Waals surface area contributed by atoms with Crippen molar-refractivity contribution in [2.75, 3.05) is 18.5 Å². The number of rotatable bonds is 5. The Labute approximate surface area is 111 Å². The first kappa shape index (κ1) is 13.3. The number of hydrogen-bond donors (Lipinski definition) is 1. The molecule has 0 radical (unpaired) electrons. The van der Waals surface area contributed by atoms with Crippen molar-refractivity contribution in [2.24, 2.45) is 11.7 Å². The van der Waals surface area contributed by atoms with Crippen LogP contribution < -0.4 is 10.6 Å². The van der Waals surface area contributed by atoms with E-state index in [1.807, 2.05) is 18.0 Å². The Morgan fingerprint density at radius 1 is 1.63 bits per heavy atom. The first-order valence-corrected chi connectivity index (χ1v) is 6.20. The van der Waals surface area contributed by atoms with E-state index >= 15 is 0 Å². The number of nitriles is 1. The van der Waals surface area contributed by atoms with Gasteiger partial charge in [0.1, 0.15) is 11.6 Å². The molecule has 1 aliphatic carbocycles. The van der Waals surface area contributed by atoms with Crippen LogP contribution in [0.3, 0.4) is 0 Å². The topological polar surface area (TPSA) is 96.2 Å². The standard InChI is InChI=1S/C13H16N4O2/c1-16(13(8-15)9-2-3-9)11-5-4-10(7-14)12(6-11)17(18)19/h4-6,9,13H,2-3,8,15H2,1H3. The maximum atomic E-state index is 11.0. The van der Waals surface area contributed by atoms with Crippen molar-refractivity contribution >= 4 is 11.4 Å². The van der Waals surface area contributed by atoms with Gasteiger partial charge in [-0.15, -0.1) is 0 Å². The zero-order chi connectivity index (χ0) is 14.0. The molecule has 0 amide bonds. The highest BCUT2D eigenvalue weighted by Crippen LogP contribution is 2.36. The number of nitro groups is 1. The first-order valence-electron chi connectivity index (χ1n) is 6.20. The average Bonchev–Trinajstić information content (AvgIpc) is 3.23. The SMILES string of the molecule is CN(c1ccc(C#N)c([N+](=O)[O-])c1)C(CN)C1CC1. The largest absolute Gasteiger partial charge is 0.370 e. The van der Waals surface area contributed by atoms with Crippen molar-refractivity contribution in [3.63, 3.8) is 0 Å². The van der Waals surface area contributed by atoms with E-state index in [9.17, 15) is 10.1 Å². The lowest BCUT2D eigenvalue weighted by atomic mass is 10.1. The van der Waals surface area contributed by atoms with Crippen LogP contribution >= 0.6 is 0 Å². The summed E-state index contributed by atoms with van der Waals surface area (Å²) >= 11 is 0. The van der Waals surface area contributed by atoms with Gasteiger partial charge in [0.05, 0.1) is 4.92 Å². The minimum Gasteiger partial charge on any atom is -0.370 e. The van der Waals surface area contributed by atoms with Crippen LogP contribution in [0, 0.1) is 27.4 Å². The van der Waals surface area contributed by atoms with Crippen LogP contribution in [0.25, 0.3) is 0 Å². The number of nitrogens with two attached hydrogens (primary N) is 1. The normalized spacial score (nSPS) is 15.6. The van der Waals surface area contributed by atoms with Gasteiger partial charge in [0, 0.05) is 31.4 Å². The van der Waals surface area contributed by atoms with E-state index < -0.39 is 4.92 Å². The van der Waals surface area contributed by atoms with E-state index in [2.05, 4.69) is 0 Å². The van der Waals surface area contributed by atoms with Crippen molar-refractivity contribution < 1.29 is 4.92 Å². The molecule has 0 aromatic heterocycles. The Morgan fingerprint density at radius 3 is 2.79 bits per heavy atom. The second-order valence-electron chi connectivity index (χ2n) is 4.82. The summed E-state index contributed by atoms with van der Waals surface area (Å²) < 4.78 is 0. The van der Waals surface area contributed by atoms with Gasteiger partial charge in [-0.05, 0) is 30.9 Å². The predicted molar refractivity (Wildman–Crippen MR) is 71.8 cm³/mol. The summed E-state index contributed by atoms with van der Waals surface area (Å²) in [5.74, 6) is 0.574. The summed E-state index contributed by atoms with van der Waals surface area (Å²) in [6, 6.07) is 6.71. The summed E-state index contributed by atoms with van der Waals surface area (Å²) in [7, 11) is 1.89. The van der Waals surface area contributed by atoms with Crippen molar-refractivity contribution in [1.29, 1.82) is 5.26 Å². The van der Waals surface area contributed by atoms with Crippen molar-refractivity contribution in [2.45, 2.75) is 18.9 Å². The minimum atomic E-state index is -0.523. The summed E-state index contributed by atoms with van der Waals surface area (Å²) in [5.41, 5.74) is 6.43. The van der Waals surface area contributed by atoms with Gasteiger partial charge in [-0.2, -0.15) is 5.26 Å². The minimum absolute atomic E-state index is 0.0814. The van der Waals surface area contributed by atoms with Crippen LogP contribution in [0.5, 0.6) is 0 Å². The van der Waals surface area contributed by atoms with Crippen LogP contribution in [0.2, 0.25) is 0 Å². The lowest BCUT2D eigenvalue weighted by molar-refractivity contribution is -0.385. The molecule has 1 atom stereocenters. The predicted octanol–water partition coefficient (Wildman–Crippen LogP) is 1.64. The number of anilines is 1. The third-order valence-electron chi connectivity index (χ3n) is 3.61. The molecule has 0 spiro atoms. The molecule has 2 N–H and O–H groups in total. The summed E-state index contributed by atoms with van der Waals surface area (Å²) in [6.07, 6.45) is 2.31. The van der Waals surface area contributed by atoms with Crippen LogP contribution in [0.1, 0.15) is 18.4 Å². The molecular weight excluding hydrogens is 244 g/mol. The summed E-state index contributed by atoms with van der Waals surface area (Å²) in [5, 5.41) is 19.8. The smallest absolute Gasteiger partial charge is 0.289 e. The molecule has 0 bridgehead atoms. The van der Waals surface area contributed by atoms with Crippen LogP contribution in [-0.4, -0.2) is 24.6 Å². The van der Waals surface area contributed by atoms with E-state index in [4.69, 9.17) is 11.0 Å². The van der Waals surface area contributed by atoms with Crippen LogP contribution in [0.4, 0.5) is 11.4 Å². The second kappa shape index (κ2) is 5.24. The summed E-state index contributed by atoms with van der Waals surface area (Å²) in [4.78, 5) is 12.4. The fourth-order valence-corrected chi connectivity index (χ4v) is 2.32. The molecule has 1 aromatic rings. The molecule has 1 aromatic carbocycles. The zero-order valence-corrected chi connectivity index (χ0v) is 10.7. The van der Waals surface area contributed by atoms with E-state index in [-0.39, 0.29) is 17.3 Å². The van der Waals surface area contributed by atoms with E-state index in [1.54, 1.807) is 6.07 Å². The quantitative estimate of drug-likeness (QED) is 0.641. The molecule has 1 unspecified atom stereocenters. The molecule has 6 heteroatoms. The Hall–Kier alpha value is -2.13. The average molecular weight is 260 g/mol.